The zero-order valence-electron chi connectivity index (χ0n) is 13.1. The summed E-state index contributed by atoms with van der Waals surface area (Å²) in [5.41, 5.74) is 3.52. The van der Waals surface area contributed by atoms with Crippen molar-refractivity contribution in [1.29, 1.82) is 0 Å². The summed E-state index contributed by atoms with van der Waals surface area (Å²) in [5.74, 6) is 0.367. The first-order chi connectivity index (χ1) is 10.7. The highest BCUT2D eigenvalue weighted by atomic mass is 35.5. The van der Waals surface area contributed by atoms with Crippen LogP contribution in [0.25, 0.3) is 0 Å². The van der Waals surface area contributed by atoms with E-state index in [9.17, 15) is 4.79 Å². The minimum absolute atomic E-state index is 0. The van der Waals surface area contributed by atoms with Gasteiger partial charge in [-0.2, -0.15) is 0 Å². The summed E-state index contributed by atoms with van der Waals surface area (Å²) in [5, 5.41) is 6.29. The summed E-state index contributed by atoms with van der Waals surface area (Å²) in [6, 6.07) is 7.85. The number of amides is 1. The first kappa shape index (κ1) is 17.4. The summed E-state index contributed by atoms with van der Waals surface area (Å²) in [6.45, 7) is 4.23. The molecule has 23 heavy (non-hydrogen) atoms. The fraction of sp³-hybridized carbons (Fsp3) is 0.353. The van der Waals surface area contributed by atoms with Crippen molar-refractivity contribution < 1.29 is 4.79 Å². The van der Waals surface area contributed by atoms with Crippen LogP contribution in [0.2, 0.25) is 0 Å². The number of hydrogen-bond donors (Lipinski definition) is 2. The maximum atomic E-state index is 12.5. The van der Waals surface area contributed by atoms with Gasteiger partial charge in [0.05, 0.1) is 24.1 Å². The van der Waals surface area contributed by atoms with Gasteiger partial charge in [-0.1, -0.05) is 18.2 Å². The molecule has 0 aliphatic carbocycles. The van der Waals surface area contributed by atoms with Gasteiger partial charge in [-0.3, -0.25) is 14.8 Å². The quantitative estimate of drug-likeness (QED) is 0.901. The number of halogens is 1. The zero-order chi connectivity index (χ0) is 15.4. The SMILES string of the molecule is Cc1cnc(CNC(=O)c2ccccc2C2CCNC2)cn1.Cl. The van der Waals surface area contributed by atoms with Gasteiger partial charge in [-0.05, 0) is 37.4 Å². The highest BCUT2D eigenvalue weighted by Gasteiger charge is 2.21. The van der Waals surface area contributed by atoms with Crippen LogP contribution in [0.1, 0.15) is 39.6 Å². The first-order valence-electron chi connectivity index (χ1n) is 7.59. The van der Waals surface area contributed by atoms with Crippen molar-refractivity contribution in [3.8, 4) is 0 Å². The van der Waals surface area contributed by atoms with Crippen molar-refractivity contribution in [3.05, 3.63) is 59.2 Å². The predicted octanol–water partition coefficient (Wildman–Crippen LogP) is 2.21. The summed E-state index contributed by atoms with van der Waals surface area (Å²) in [4.78, 5) is 20.9. The molecule has 1 amide bonds. The fourth-order valence-corrected chi connectivity index (χ4v) is 2.76. The third-order valence-electron chi connectivity index (χ3n) is 3.97. The Morgan fingerprint density at radius 2 is 2.13 bits per heavy atom. The van der Waals surface area contributed by atoms with Gasteiger partial charge in [0.25, 0.3) is 5.91 Å². The van der Waals surface area contributed by atoms with E-state index in [-0.39, 0.29) is 18.3 Å². The molecule has 2 heterocycles. The highest BCUT2D eigenvalue weighted by molar-refractivity contribution is 5.95. The third kappa shape index (κ3) is 4.27. The van der Waals surface area contributed by atoms with Crippen molar-refractivity contribution >= 4 is 18.3 Å². The molecule has 122 valence electrons. The van der Waals surface area contributed by atoms with Gasteiger partial charge >= 0.3 is 0 Å². The van der Waals surface area contributed by atoms with E-state index in [4.69, 9.17) is 0 Å². The van der Waals surface area contributed by atoms with Crippen LogP contribution in [-0.2, 0) is 6.54 Å². The summed E-state index contributed by atoms with van der Waals surface area (Å²) in [6.07, 6.45) is 4.48. The Bertz CT molecular complexity index is 654. The van der Waals surface area contributed by atoms with Crippen LogP contribution in [0.5, 0.6) is 0 Å². The lowest BCUT2D eigenvalue weighted by atomic mass is 9.93. The van der Waals surface area contributed by atoms with Crippen LogP contribution in [0, 0.1) is 6.92 Å². The number of benzene rings is 1. The molecule has 0 radical (unpaired) electrons. The zero-order valence-corrected chi connectivity index (χ0v) is 13.9. The normalized spacial score (nSPS) is 16.7. The van der Waals surface area contributed by atoms with Crippen molar-refractivity contribution in [3.63, 3.8) is 0 Å². The van der Waals surface area contributed by atoms with E-state index in [1.165, 1.54) is 0 Å². The molecule has 0 saturated carbocycles. The molecule has 1 fully saturated rings. The molecule has 0 spiro atoms. The van der Waals surface area contributed by atoms with Gasteiger partial charge in [0.2, 0.25) is 0 Å². The lowest BCUT2D eigenvalue weighted by Crippen LogP contribution is -2.25. The van der Waals surface area contributed by atoms with Crippen molar-refractivity contribution in [2.45, 2.75) is 25.8 Å². The number of carbonyl (C=O) groups is 1. The van der Waals surface area contributed by atoms with Crippen molar-refractivity contribution in [2.75, 3.05) is 13.1 Å². The van der Waals surface area contributed by atoms with E-state index in [0.29, 0.717) is 12.5 Å². The number of rotatable bonds is 4. The number of hydrogen-bond acceptors (Lipinski definition) is 4. The topological polar surface area (TPSA) is 66.9 Å². The van der Waals surface area contributed by atoms with Crippen LogP contribution in [0.15, 0.2) is 36.7 Å². The van der Waals surface area contributed by atoms with Crippen LogP contribution >= 0.6 is 12.4 Å². The molecule has 0 bridgehead atoms. The molecule has 5 nitrogen and oxygen atoms in total. The van der Waals surface area contributed by atoms with Crippen molar-refractivity contribution in [2.24, 2.45) is 0 Å². The average molecular weight is 333 g/mol. The van der Waals surface area contributed by atoms with Crippen LogP contribution < -0.4 is 10.6 Å². The summed E-state index contributed by atoms with van der Waals surface area (Å²) >= 11 is 0. The van der Waals surface area contributed by atoms with E-state index in [1.54, 1.807) is 12.4 Å². The number of nitrogens with one attached hydrogen (secondary N) is 2. The Labute approximate surface area is 142 Å². The van der Waals surface area contributed by atoms with Gasteiger partial charge in [-0.15, -0.1) is 12.4 Å². The van der Waals surface area contributed by atoms with Gasteiger partial charge in [0, 0.05) is 18.3 Å². The molecule has 3 rings (SSSR count). The monoisotopic (exact) mass is 332 g/mol. The smallest absolute Gasteiger partial charge is 0.251 e. The molecule has 6 heteroatoms. The second-order valence-electron chi connectivity index (χ2n) is 5.61. The second kappa shape index (κ2) is 8.04. The minimum atomic E-state index is -0.0510. The van der Waals surface area contributed by atoms with Crippen LogP contribution in [0.4, 0.5) is 0 Å². The van der Waals surface area contributed by atoms with Crippen LogP contribution in [-0.4, -0.2) is 29.0 Å². The number of aryl methyl sites for hydroxylation is 1. The van der Waals surface area contributed by atoms with Crippen molar-refractivity contribution in [1.82, 2.24) is 20.6 Å². The standard InChI is InChI=1S/C17H20N4O.ClH/c1-12-8-20-14(10-19-12)11-21-17(22)16-5-3-2-4-15(16)13-6-7-18-9-13;/h2-5,8,10,13,18H,6-7,9,11H2,1H3,(H,21,22);1H. The predicted molar refractivity (Wildman–Crippen MR) is 91.9 cm³/mol. The summed E-state index contributed by atoms with van der Waals surface area (Å²) < 4.78 is 0. The second-order valence-corrected chi connectivity index (χ2v) is 5.61. The van der Waals surface area contributed by atoms with E-state index < -0.39 is 0 Å². The van der Waals surface area contributed by atoms with Gasteiger partial charge in [0.15, 0.2) is 0 Å². The van der Waals surface area contributed by atoms with E-state index in [1.807, 2.05) is 25.1 Å². The van der Waals surface area contributed by atoms with Gasteiger partial charge < -0.3 is 10.6 Å². The van der Waals surface area contributed by atoms with E-state index in [0.717, 1.165) is 42.0 Å². The molecule has 1 aliphatic rings. The Kier molecular flexibility index (Phi) is 6.07. The van der Waals surface area contributed by atoms with Gasteiger partial charge in [0.1, 0.15) is 0 Å². The minimum Gasteiger partial charge on any atom is -0.346 e. The molecular formula is C17H21ClN4O. The molecule has 1 saturated heterocycles. The molecule has 1 atom stereocenters. The molecule has 1 aromatic carbocycles. The van der Waals surface area contributed by atoms with E-state index in [2.05, 4.69) is 26.7 Å². The Hall–Kier alpha value is -1.98. The van der Waals surface area contributed by atoms with E-state index >= 15 is 0 Å². The maximum Gasteiger partial charge on any atom is 0.251 e. The number of nitrogens with zero attached hydrogens (tertiary/aromatic N) is 2. The Balaban J connectivity index is 0.00000192. The number of aromatic nitrogens is 2. The molecule has 2 N–H and O–H groups in total. The largest absolute Gasteiger partial charge is 0.346 e. The molecule has 2 aromatic rings. The van der Waals surface area contributed by atoms with Crippen LogP contribution in [0.3, 0.4) is 0 Å². The molecule has 1 aromatic heterocycles. The molecule has 1 unspecified atom stereocenters. The maximum absolute atomic E-state index is 12.5. The lowest BCUT2D eigenvalue weighted by molar-refractivity contribution is 0.0949. The molecular weight excluding hydrogens is 312 g/mol. The Morgan fingerprint density at radius 3 is 2.83 bits per heavy atom. The Morgan fingerprint density at radius 1 is 1.30 bits per heavy atom. The summed E-state index contributed by atoms with van der Waals surface area (Å²) in [7, 11) is 0. The lowest BCUT2D eigenvalue weighted by Gasteiger charge is -2.14. The average Bonchev–Trinajstić information content (AvgIpc) is 3.08. The first-order valence-corrected chi connectivity index (χ1v) is 7.59. The third-order valence-corrected chi connectivity index (χ3v) is 3.97. The van der Waals surface area contributed by atoms with Gasteiger partial charge in [-0.25, -0.2) is 0 Å². The fourth-order valence-electron chi connectivity index (χ4n) is 2.76. The highest BCUT2D eigenvalue weighted by Crippen LogP contribution is 2.25. The molecule has 1 aliphatic heterocycles. The number of carbonyl (C=O) groups excluding carboxylic acids is 1.